The number of nitrogens with one attached hydrogen (secondary N) is 1. The van der Waals surface area contributed by atoms with Crippen LogP contribution in [0.2, 0.25) is 0 Å². The summed E-state index contributed by atoms with van der Waals surface area (Å²) in [6.45, 7) is 9.38. The Balaban J connectivity index is 3.20. The van der Waals surface area contributed by atoms with Gasteiger partial charge in [-0.3, -0.25) is 0 Å². The molecular weight excluding hydrogens is 190 g/mol. The van der Waals surface area contributed by atoms with E-state index in [1.807, 2.05) is 11.8 Å². The molecule has 0 unspecified atom stereocenters. The van der Waals surface area contributed by atoms with Crippen LogP contribution in [0.3, 0.4) is 0 Å². The summed E-state index contributed by atoms with van der Waals surface area (Å²) in [6, 6.07) is 0. The van der Waals surface area contributed by atoms with Crippen LogP contribution in [0, 0.1) is 10.8 Å². The van der Waals surface area contributed by atoms with Crippen LogP contribution in [0.15, 0.2) is 10.6 Å². The van der Waals surface area contributed by atoms with Gasteiger partial charge in [-0.15, -0.1) is 11.8 Å². The van der Waals surface area contributed by atoms with Crippen molar-refractivity contribution in [2.24, 2.45) is 10.8 Å². The van der Waals surface area contributed by atoms with Gasteiger partial charge in [0, 0.05) is 23.1 Å². The fraction of sp³-hybridized carbons (Fsp3) is 0.833. The molecule has 82 valence electrons. The lowest BCUT2D eigenvalue weighted by atomic mass is 9.70. The van der Waals surface area contributed by atoms with Gasteiger partial charge in [0.25, 0.3) is 0 Å². The van der Waals surface area contributed by atoms with E-state index in [0.29, 0.717) is 10.8 Å². The maximum Gasteiger partial charge on any atom is 0.0263 e. The van der Waals surface area contributed by atoms with Gasteiger partial charge in [-0.2, -0.15) is 0 Å². The molecule has 14 heavy (non-hydrogen) atoms. The van der Waals surface area contributed by atoms with Crippen molar-refractivity contribution in [1.29, 1.82) is 0 Å². The Morgan fingerprint density at radius 1 is 1.07 bits per heavy atom. The molecule has 0 atom stereocenters. The van der Waals surface area contributed by atoms with Crippen LogP contribution in [-0.2, 0) is 0 Å². The third-order valence-corrected chi connectivity index (χ3v) is 4.51. The molecule has 1 rings (SSSR count). The van der Waals surface area contributed by atoms with Gasteiger partial charge in [-0.05, 0) is 24.5 Å². The summed E-state index contributed by atoms with van der Waals surface area (Å²) in [6.07, 6.45) is 4.76. The molecule has 0 heterocycles. The molecule has 2 heteroatoms. The molecule has 0 fully saturated rings. The first-order valence-electron chi connectivity index (χ1n) is 5.32. The van der Waals surface area contributed by atoms with Crippen LogP contribution in [0.1, 0.15) is 40.5 Å². The summed E-state index contributed by atoms with van der Waals surface area (Å²) in [5.74, 6) is 0. The van der Waals surface area contributed by atoms with E-state index in [-0.39, 0.29) is 0 Å². The Morgan fingerprint density at radius 3 is 1.93 bits per heavy atom. The highest BCUT2D eigenvalue weighted by molar-refractivity contribution is 8.02. The highest BCUT2D eigenvalue weighted by Gasteiger charge is 2.38. The van der Waals surface area contributed by atoms with Crippen molar-refractivity contribution in [1.82, 2.24) is 5.32 Å². The maximum absolute atomic E-state index is 3.41. The SMILES string of the molecule is CNC1=C(SC)C(C)(C)CCC1(C)C. The van der Waals surface area contributed by atoms with Crippen molar-refractivity contribution in [2.75, 3.05) is 13.3 Å². The quantitative estimate of drug-likeness (QED) is 0.752. The van der Waals surface area contributed by atoms with E-state index in [4.69, 9.17) is 0 Å². The minimum atomic E-state index is 0.322. The van der Waals surface area contributed by atoms with Crippen molar-refractivity contribution < 1.29 is 0 Å². The summed E-state index contributed by atoms with van der Waals surface area (Å²) in [5.41, 5.74) is 2.12. The number of rotatable bonds is 2. The van der Waals surface area contributed by atoms with Gasteiger partial charge in [-0.1, -0.05) is 27.7 Å². The van der Waals surface area contributed by atoms with E-state index in [9.17, 15) is 0 Å². The second-order valence-corrected chi connectivity index (χ2v) is 6.24. The van der Waals surface area contributed by atoms with E-state index in [1.54, 1.807) is 0 Å². The van der Waals surface area contributed by atoms with Crippen LogP contribution in [0.25, 0.3) is 0 Å². The van der Waals surface area contributed by atoms with Gasteiger partial charge < -0.3 is 5.32 Å². The zero-order valence-electron chi connectivity index (χ0n) is 10.3. The number of thioether (sulfide) groups is 1. The molecule has 1 aliphatic rings. The van der Waals surface area contributed by atoms with Gasteiger partial charge in [0.05, 0.1) is 0 Å². The zero-order chi connectivity index (χ0) is 11.0. The highest BCUT2D eigenvalue weighted by atomic mass is 32.2. The van der Waals surface area contributed by atoms with E-state index in [1.165, 1.54) is 23.4 Å². The molecule has 1 N–H and O–H groups in total. The Morgan fingerprint density at radius 2 is 1.57 bits per heavy atom. The minimum Gasteiger partial charge on any atom is -0.390 e. The first kappa shape index (κ1) is 12.0. The van der Waals surface area contributed by atoms with E-state index in [0.717, 1.165) is 0 Å². The Labute approximate surface area is 92.7 Å². The molecule has 0 radical (unpaired) electrons. The molecule has 0 aromatic heterocycles. The fourth-order valence-electron chi connectivity index (χ4n) is 2.34. The lowest BCUT2D eigenvalue weighted by Crippen LogP contribution is -2.35. The van der Waals surface area contributed by atoms with E-state index in [2.05, 4.69) is 46.3 Å². The topological polar surface area (TPSA) is 12.0 Å². The molecule has 1 nitrogen and oxygen atoms in total. The molecule has 0 saturated heterocycles. The average Bonchev–Trinajstić information content (AvgIpc) is 2.09. The monoisotopic (exact) mass is 213 g/mol. The maximum atomic E-state index is 3.41. The molecule has 0 bridgehead atoms. The smallest absolute Gasteiger partial charge is 0.0263 e. The summed E-state index contributed by atoms with van der Waals surface area (Å²) < 4.78 is 0. The lowest BCUT2D eigenvalue weighted by Gasteiger charge is -2.42. The molecule has 0 aromatic carbocycles. The predicted octanol–water partition coefficient (Wildman–Crippen LogP) is 3.63. The Kier molecular flexibility index (Phi) is 3.25. The van der Waals surface area contributed by atoms with E-state index >= 15 is 0 Å². The summed E-state index contributed by atoms with van der Waals surface area (Å²) in [7, 11) is 2.05. The second kappa shape index (κ2) is 3.80. The summed E-state index contributed by atoms with van der Waals surface area (Å²) >= 11 is 1.90. The Hall–Kier alpha value is -0.110. The van der Waals surface area contributed by atoms with Crippen molar-refractivity contribution in [3.8, 4) is 0 Å². The van der Waals surface area contributed by atoms with E-state index < -0.39 is 0 Å². The highest BCUT2D eigenvalue weighted by Crippen LogP contribution is 2.50. The average molecular weight is 213 g/mol. The normalized spacial score (nSPS) is 25.0. The third-order valence-electron chi connectivity index (χ3n) is 3.35. The standard InChI is InChI=1S/C12H23NS/c1-11(2)7-8-12(3,4)10(14-6)9(11)13-5/h13H,7-8H2,1-6H3. The predicted molar refractivity (Wildman–Crippen MR) is 66.4 cm³/mol. The molecule has 0 spiro atoms. The van der Waals surface area contributed by atoms with Crippen LogP contribution in [0.4, 0.5) is 0 Å². The molecule has 0 saturated carbocycles. The fourth-order valence-corrected chi connectivity index (χ4v) is 3.58. The van der Waals surface area contributed by atoms with Crippen molar-refractivity contribution in [2.45, 2.75) is 40.5 Å². The van der Waals surface area contributed by atoms with Gasteiger partial charge in [0.15, 0.2) is 0 Å². The number of allylic oxidation sites excluding steroid dienone is 2. The van der Waals surface area contributed by atoms with Crippen molar-refractivity contribution in [3.05, 3.63) is 10.6 Å². The largest absolute Gasteiger partial charge is 0.390 e. The summed E-state index contributed by atoms with van der Waals surface area (Å²) in [4.78, 5) is 1.54. The lowest BCUT2D eigenvalue weighted by molar-refractivity contribution is 0.263. The van der Waals surface area contributed by atoms with Gasteiger partial charge in [-0.25, -0.2) is 0 Å². The van der Waals surface area contributed by atoms with Crippen molar-refractivity contribution >= 4 is 11.8 Å². The first-order valence-corrected chi connectivity index (χ1v) is 6.54. The van der Waals surface area contributed by atoms with Crippen molar-refractivity contribution in [3.63, 3.8) is 0 Å². The number of hydrogen-bond acceptors (Lipinski definition) is 2. The van der Waals surface area contributed by atoms with Gasteiger partial charge in [0.1, 0.15) is 0 Å². The van der Waals surface area contributed by atoms with Gasteiger partial charge in [0.2, 0.25) is 0 Å². The molecule has 1 aliphatic carbocycles. The zero-order valence-corrected chi connectivity index (χ0v) is 11.1. The first-order chi connectivity index (χ1) is 6.35. The van der Waals surface area contributed by atoms with Crippen LogP contribution >= 0.6 is 11.8 Å². The van der Waals surface area contributed by atoms with Crippen LogP contribution in [-0.4, -0.2) is 13.3 Å². The number of hydrogen-bond donors (Lipinski definition) is 1. The summed E-state index contributed by atoms with van der Waals surface area (Å²) in [5, 5.41) is 3.41. The molecule has 0 amide bonds. The van der Waals surface area contributed by atoms with Crippen LogP contribution in [0.5, 0.6) is 0 Å². The molecule has 0 aromatic rings. The van der Waals surface area contributed by atoms with Crippen LogP contribution < -0.4 is 5.32 Å². The molecule has 0 aliphatic heterocycles. The minimum absolute atomic E-state index is 0.322. The Bertz CT molecular complexity index is 225. The van der Waals surface area contributed by atoms with Gasteiger partial charge >= 0.3 is 0 Å². The second-order valence-electron chi connectivity index (χ2n) is 5.43. The molecular formula is C12H23NS. The third kappa shape index (κ3) is 1.95.